The van der Waals surface area contributed by atoms with Crippen LogP contribution in [0.3, 0.4) is 0 Å². The number of ether oxygens (including phenoxy) is 2. The Kier molecular flexibility index (Phi) is 5.55. The molecule has 1 fully saturated rings. The highest BCUT2D eigenvalue weighted by Gasteiger charge is 2.23. The van der Waals surface area contributed by atoms with E-state index in [1.165, 1.54) is 24.9 Å². The van der Waals surface area contributed by atoms with Crippen LogP contribution in [0.2, 0.25) is 0 Å². The average molecular weight is 312 g/mol. The predicted octanol–water partition coefficient (Wildman–Crippen LogP) is 2.90. The minimum Gasteiger partial charge on any atom is -0.464 e. The molecule has 0 atom stereocenters. The fraction of sp³-hybridized carbons (Fsp3) is 0.643. The van der Waals surface area contributed by atoms with Gasteiger partial charge in [0.1, 0.15) is 5.69 Å². The zero-order chi connectivity index (χ0) is 15.2. The summed E-state index contributed by atoms with van der Waals surface area (Å²) < 4.78 is 11.5. The number of carbonyl (C=O) groups excluding carboxylic acids is 2. The third-order valence-electron chi connectivity index (χ3n) is 3.53. The molecule has 1 heterocycles. The average Bonchev–Trinajstić information content (AvgIpc) is 2.91. The number of hydrogen-bond acceptors (Lipinski definition) is 5. The summed E-state index contributed by atoms with van der Waals surface area (Å²) in [5.41, 5.74) is 0.456. The van der Waals surface area contributed by atoms with Gasteiger partial charge in [0.2, 0.25) is 0 Å². The molecule has 6 nitrogen and oxygen atoms in total. The summed E-state index contributed by atoms with van der Waals surface area (Å²) in [5.74, 6) is -0.401. The number of thiazole rings is 1. The first kappa shape index (κ1) is 15.8. The van der Waals surface area contributed by atoms with E-state index in [2.05, 4.69) is 4.99 Å². The first-order valence-electron chi connectivity index (χ1n) is 7.17. The molecule has 116 valence electrons. The molecule has 1 aliphatic rings. The third-order valence-corrected chi connectivity index (χ3v) is 4.37. The lowest BCUT2D eigenvalue weighted by Crippen LogP contribution is -2.28. The fourth-order valence-electron chi connectivity index (χ4n) is 2.58. The van der Waals surface area contributed by atoms with Crippen molar-refractivity contribution in [3.05, 3.63) is 15.9 Å². The van der Waals surface area contributed by atoms with Gasteiger partial charge in [-0.15, -0.1) is 16.3 Å². The van der Waals surface area contributed by atoms with E-state index in [1.54, 1.807) is 12.3 Å². The maximum atomic E-state index is 11.9. The Morgan fingerprint density at radius 2 is 2.10 bits per heavy atom. The van der Waals surface area contributed by atoms with Crippen LogP contribution in [0.15, 0.2) is 10.4 Å². The number of aromatic nitrogens is 1. The molecule has 2 rings (SSSR count). The predicted molar refractivity (Wildman–Crippen MR) is 78.4 cm³/mol. The molecule has 21 heavy (non-hydrogen) atoms. The van der Waals surface area contributed by atoms with Crippen LogP contribution in [0.25, 0.3) is 0 Å². The maximum absolute atomic E-state index is 11.9. The first-order valence-corrected chi connectivity index (χ1v) is 8.05. The van der Waals surface area contributed by atoms with Gasteiger partial charge in [0, 0.05) is 11.4 Å². The zero-order valence-electron chi connectivity index (χ0n) is 12.3. The molecule has 1 aliphatic carbocycles. The molecule has 0 spiro atoms. The van der Waals surface area contributed by atoms with Crippen molar-refractivity contribution >= 4 is 23.4 Å². The normalized spacial score (nSPS) is 16.8. The van der Waals surface area contributed by atoms with Crippen LogP contribution in [0.4, 0.5) is 4.79 Å². The Bertz CT molecular complexity index is 570. The molecule has 0 aliphatic heterocycles. The second-order valence-corrected chi connectivity index (χ2v) is 5.70. The lowest BCUT2D eigenvalue weighted by atomic mass is 9.95. The minimum absolute atomic E-state index is 0.187. The van der Waals surface area contributed by atoms with Crippen molar-refractivity contribution in [2.45, 2.75) is 45.1 Å². The van der Waals surface area contributed by atoms with Gasteiger partial charge in [-0.1, -0.05) is 19.3 Å². The van der Waals surface area contributed by atoms with E-state index < -0.39 is 12.1 Å². The molecule has 1 aromatic rings. The molecule has 1 aromatic heterocycles. The topological polar surface area (TPSA) is 69.9 Å². The minimum atomic E-state index is -0.625. The molecule has 0 aromatic carbocycles. The van der Waals surface area contributed by atoms with Gasteiger partial charge in [-0.2, -0.15) is 0 Å². The van der Waals surface area contributed by atoms with Crippen molar-refractivity contribution in [1.82, 2.24) is 4.57 Å². The van der Waals surface area contributed by atoms with Gasteiger partial charge in [-0.3, -0.25) is 0 Å². The number of rotatable bonds is 3. The van der Waals surface area contributed by atoms with Gasteiger partial charge in [0.25, 0.3) is 0 Å². The summed E-state index contributed by atoms with van der Waals surface area (Å²) >= 11 is 1.26. The standard InChI is InChI=1S/C14H20N2O4S/c1-3-20-14(18)15-13-16(10-7-5-4-6-8-10)11(9-21-13)12(17)19-2/h9-10H,3-8H2,1-2H3/b15-13-. The fourth-order valence-corrected chi connectivity index (χ4v) is 3.50. The molecule has 0 unspecified atom stereocenters. The van der Waals surface area contributed by atoms with Crippen molar-refractivity contribution in [3.8, 4) is 0 Å². The molecule has 0 bridgehead atoms. The maximum Gasteiger partial charge on any atom is 0.436 e. The van der Waals surface area contributed by atoms with E-state index in [-0.39, 0.29) is 12.6 Å². The monoisotopic (exact) mass is 312 g/mol. The van der Waals surface area contributed by atoms with E-state index in [1.807, 2.05) is 4.57 Å². The number of nitrogens with zero attached hydrogens (tertiary/aromatic N) is 2. The van der Waals surface area contributed by atoms with Crippen LogP contribution < -0.4 is 4.80 Å². The molecule has 7 heteroatoms. The summed E-state index contributed by atoms with van der Waals surface area (Å²) in [4.78, 5) is 28.0. The second kappa shape index (κ2) is 7.40. The Labute approximate surface area is 127 Å². The third kappa shape index (κ3) is 3.72. The Morgan fingerprint density at radius 3 is 2.71 bits per heavy atom. The number of methoxy groups -OCH3 is 1. The van der Waals surface area contributed by atoms with Crippen LogP contribution in [0.5, 0.6) is 0 Å². The molecule has 1 amide bonds. The van der Waals surface area contributed by atoms with Gasteiger partial charge in [0.05, 0.1) is 13.7 Å². The first-order chi connectivity index (χ1) is 10.2. The van der Waals surface area contributed by atoms with Crippen molar-refractivity contribution in [1.29, 1.82) is 0 Å². The van der Waals surface area contributed by atoms with Gasteiger partial charge < -0.3 is 14.0 Å². The zero-order valence-corrected chi connectivity index (χ0v) is 13.1. The summed E-state index contributed by atoms with van der Waals surface area (Å²) in [6.45, 7) is 2.01. The van der Waals surface area contributed by atoms with Gasteiger partial charge in [-0.05, 0) is 19.8 Å². The van der Waals surface area contributed by atoms with Crippen LogP contribution in [0.1, 0.15) is 55.6 Å². The summed E-state index contributed by atoms with van der Waals surface area (Å²) in [5, 5.41) is 1.69. The van der Waals surface area contributed by atoms with E-state index in [0.717, 1.165) is 25.7 Å². The highest BCUT2D eigenvalue weighted by Crippen LogP contribution is 2.28. The number of hydrogen-bond donors (Lipinski definition) is 0. The van der Waals surface area contributed by atoms with Crippen LogP contribution in [-0.2, 0) is 9.47 Å². The molecular weight excluding hydrogens is 292 g/mol. The molecule has 0 N–H and O–H groups in total. The van der Waals surface area contributed by atoms with E-state index in [4.69, 9.17) is 9.47 Å². The Balaban J connectivity index is 2.42. The smallest absolute Gasteiger partial charge is 0.436 e. The number of carbonyl (C=O) groups is 2. The summed E-state index contributed by atoms with van der Waals surface area (Å²) in [7, 11) is 1.35. The SMILES string of the molecule is CCOC(=O)/N=c1\scc(C(=O)OC)n1C1CCCCC1. The molecule has 1 saturated carbocycles. The molecule has 0 saturated heterocycles. The lowest BCUT2D eigenvalue weighted by molar-refractivity contribution is 0.0583. The number of amides is 1. The largest absolute Gasteiger partial charge is 0.464 e. The Hall–Kier alpha value is -1.63. The molecular formula is C14H20N2O4S. The van der Waals surface area contributed by atoms with Gasteiger partial charge in [0.15, 0.2) is 4.80 Å². The van der Waals surface area contributed by atoms with Crippen LogP contribution in [-0.4, -0.2) is 30.3 Å². The van der Waals surface area contributed by atoms with E-state index in [0.29, 0.717) is 10.5 Å². The Morgan fingerprint density at radius 1 is 1.38 bits per heavy atom. The van der Waals surface area contributed by atoms with Crippen molar-refractivity contribution in [2.24, 2.45) is 4.99 Å². The lowest BCUT2D eigenvalue weighted by Gasteiger charge is -2.24. The highest BCUT2D eigenvalue weighted by atomic mass is 32.1. The highest BCUT2D eigenvalue weighted by molar-refractivity contribution is 7.07. The van der Waals surface area contributed by atoms with E-state index >= 15 is 0 Å². The summed E-state index contributed by atoms with van der Waals surface area (Å²) in [6.07, 6.45) is 4.78. The number of esters is 1. The van der Waals surface area contributed by atoms with Crippen molar-refractivity contribution in [2.75, 3.05) is 13.7 Å². The summed E-state index contributed by atoms with van der Waals surface area (Å²) in [6, 6.07) is 0.187. The van der Waals surface area contributed by atoms with Crippen LogP contribution in [0, 0.1) is 0 Å². The second-order valence-electron chi connectivity index (χ2n) is 4.87. The van der Waals surface area contributed by atoms with Crippen molar-refractivity contribution < 1.29 is 19.1 Å². The molecule has 0 radical (unpaired) electrons. The van der Waals surface area contributed by atoms with Gasteiger partial charge >= 0.3 is 12.1 Å². The van der Waals surface area contributed by atoms with Crippen molar-refractivity contribution in [3.63, 3.8) is 0 Å². The van der Waals surface area contributed by atoms with Gasteiger partial charge in [-0.25, -0.2) is 9.59 Å². The van der Waals surface area contributed by atoms with Crippen LogP contribution >= 0.6 is 11.3 Å². The quantitative estimate of drug-likeness (QED) is 0.805. The van der Waals surface area contributed by atoms with E-state index in [9.17, 15) is 9.59 Å².